The molecule has 0 aromatic heterocycles. The Morgan fingerprint density at radius 1 is 1.18 bits per heavy atom. The molecule has 0 radical (unpaired) electrons. The standard InChI is InChI=1S/C33H52N3O2/c1-9-13-28(22-27(4)33(5,6)7)24-35-25-29(23-34-8)15-10-11-16-30(17-12-14-26(2)3)32(38)36-20-18-31(37)19-21-36/h9-10,12-13,15-17,22-23,26,29,31-32,37-38H,4,11,14,18-21,24H2,1-3,5-8H3/q+1/b13-9-,15-10?,17-12+,28-22+,30-16+,34-23?. The van der Waals surface area contributed by atoms with Crippen LogP contribution in [0.4, 0.5) is 0 Å². The maximum absolute atomic E-state index is 11.0. The first kappa shape index (κ1) is 33.5. The summed E-state index contributed by atoms with van der Waals surface area (Å²) < 4.78 is 0. The monoisotopic (exact) mass is 522 g/mol. The molecule has 1 aliphatic heterocycles. The Balaban J connectivity index is 2.96. The number of aliphatic hydroxyl groups excluding tert-OH is 2. The van der Waals surface area contributed by atoms with Crippen molar-refractivity contribution in [3.8, 4) is 6.07 Å². The number of hydrogen-bond acceptors (Lipinski definition) is 4. The van der Waals surface area contributed by atoms with Gasteiger partial charge < -0.3 is 10.2 Å². The highest BCUT2D eigenvalue weighted by Crippen LogP contribution is 2.25. The highest BCUT2D eigenvalue weighted by atomic mass is 16.3. The van der Waals surface area contributed by atoms with Gasteiger partial charge in [-0.2, -0.15) is 0 Å². The summed E-state index contributed by atoms with van der Waals surface area (Å²) in [4.78, 5) is 10.8. The number of hydrogen-bond donors (Lipinski definition) is 2. The van der Waals surface area contributed by atoms with Crippen LogP contribution in [0.15, 0.2) is 76.9 Å². The molecule has 210 valence electrons. The molecular formula is C33H52N3O2+. The van der Waals surface area contributed by atoms with Crippen LogP contribution < -0.4 is 0 Å². The molecule has 0 bridgehead atoms. The molecule has 0 aliphatic carbocycles. The van der Waals surface area contributed by atoms with Crippen LogP contribution in [-0.4, -0.2) is 60.3 Å². The summed E-state index contributed by atoms with van der Waals surface area (Å²) in [5, 5.41) is 20.9. The topological polar surface area (TPSA) is 60.4 Å². The highest BCUT2D eigenvalue weighted by Gasteiger charge is 2.24. The third-order valence-electron chi connectivity index (χ3n) is 6.41. The first-order valence-electron chi connectivity index (χ1n) is 14.0. The summed E-state index contributed by atoms with van der Waals surface area (Å²) >= 11 is 0. The number of rotatable bonds is 12. The van der Waals surface area contributed by atoms with Crippen molar-refractivity contribution in [1.29, 1.82) is 0 Å². The second-order valence-electron chi connectivity index (χ2n) is 11.4. The average molecular weight is 523 g/mol. The van der Waals surface area contributed by atoms with Crippen LogP contribution in [0.1, 0.15) is 67.2 Å². The van der Waals surface area contributed by atoms with Gasteiger partial charge >= 0.3 is 0 Å². The maximum atomic E-state index is 11.0. The molecule has 2 unspecified atom stereocenters. The minimum absolute atomic E-state index is 0.0135. The van der Waals surface area contributed by atoms with Crippen molar-refractivity contribution >= 4 is 6.21 Å². The lowest BCUT2D eigenvalue weighted by atomic mass is 9.86. The lowest BCUT2D eigenvalue weighted by Crippen LogP contribution is -2.43. The zero-order valence-electron chi connectivity index (χ0n) is 24.9. The fourth-order valence-electron chi connectivity index (χ4n) is 3.84. The van der Waals surface area contributed by atoms with Crippen molar-refractivity contribution in [2.45, 2.75) is 79.6 Å². The van der Waals surface area contributed by atoms with Crippen LogP contribution in [0.3, 0.4) is 0 Å². The van der Waals surface area contributed by atoms with Crippen molar-refractivity contribution in [2.24, 2.45) is 22.2 Å². The van der Waals surface area contributed by atoms with E-state index >= 15 is 0 Å². The van der Waals surface area contributed by atoms with Crippen LogP contribution in [-0.2, 0) is 0 Å². The molecule has 1 saturated heterocycles. The van der Waals surface area contributed by atoms with Gasteiger partial charge in [-0.05, 0) is 61.2 Å². The summed E-state index contributed by atoms with van der Waals surface area (Å²) in [7, 11) is 1.75. The molecule has 5 nitrogen and oxygen atoms in total. The molecule has 2 N–H and O–H groups in total. The Hall–Kier alpha value is -2.52. The molecule has 0 saturated carbocycles. The summed E-state index contributed by atoms with van der Waals surface area (Å²) in [6, 6.07) is 3.20. The van der Waals surface area contributed by atoms with Gasteiger partial charge in [0.25, 0.3) is 12.6 Å². The predicted molar refractivity (Wildman–Crippen MR) is 165 cm³/mol. The number of aliphatic hydroxyl groups is 2. The van der Waals surface area contributed by atoms with E-state index in [1.54, 1.807) is 7.05 Å². The number of aliphatic imine (C=N–C) groups is 1. The van der Waals surface area contributed by atoms with Gasteiger partial charge in [-0.15, -0.1) is 0 Å². The molecule has 0 amide bonds. The first-order valence-corrected chi connectivity index (χ1v) is 14.0. The summed E-state index contributed by atoms with van der Waals surface area (Å²) in [5.74, 6) is 0.438. The van der Waals surface area contributed by atoms with Crippen molar-refractivity contribution in [3.63, 3.8) is 0 Å². The van der Waals surface area contributed by atoms with Crippen LogP contribution in [0.5, 0.6) is 0 Å². The summed E-state index contributed by atoms with van der Waals surface area (Å²) in [6.07, 6.45) is 20.5. The third-order valence-corrected chi connectivity index (χ3v) is 6.41. The maximum Gasteiger partial charge on any atom is 0.288 e. The van der Waals surface area contributed by atoms with E-state index in [4.69, 9.17) is 0 Å². The fourth-order valence-corrected chi connectivity index (χ4v) is 3.84. The van der Waals surface area contributed by atoms with E-state index in [2.05, 4.69) is 87.5 Å². The summed E-state index contributed by atoms with van der Waals surface area (Å²) in [6.45, 7) is 19.0. The smallest absolute Gasteiger partial charge is 0.288 e. The molecular weight excluding hydrogens is 470 g/mol. The number of allylic oxidation sites excluding steroid dienone is 7. The molecule has 1 rings (SSSR count). The Kier molecular flexibility index (Phi) is 15.8. The highest BCUT2D eigenvalue weighted by molar-refractivity contribution is 5.67. The molecule has 1 heterocycles. The zero-order chi connectivity index (χ0) is 28.6. The van der Waals surface area contributed by atoms with E-state index in [9.17, 15) is 10.2 Å². The molecule has 1 fully saturated rings. The van der Waals surface area contributed by atoms with Gasteiger partial charge in [0.2, 0.25) is 0 Å². The van der Waals surface area contributed by atoms with Crippen molar-refractivity contribution in [3.05, 3.63) is 76.8 Å². The first-order chi connectivity index (χ1) is 18.0. The van der Waals surface area contributed by atoms with Crippen LogP contribution in [0, 0.1) is 23.3 Å². The number of likely N-dealkylation sites (tertiary alicyclic amines) is 1. The zero-order valence-corrected chi connectivity index (χ0v) is 24.9. The van der Waals surface area contributed by atoms with E-state index in [0.717, 1.165) is 23.1 Å². The second kappa shape index (κ2) is 17.9. The minimum atomic E-state index is -0.667. The van der Waals surface area contributed by atoms with E-state index in [-0.39, 0.29) is 17.4 Å². The van der Waals surface area contributed by atoms with Gasteiger partial charge in [0, 0.05) is 31.9 Å². The molecule has 0 aromatic rings. The third kappa shape index (κ3) is 13.9. The Morgan fingerprint density at radius 3 is 2.45 bits per heavy atom. The van der Waals surface area contributed by atoms with Crippen molar-refractivity contribution in [1.82, 2.24) is 4.90 Å². The SMILES string of the molecule is C=C(/C=C(\C=C/C)C[N+]#CC(C=CC/C=C(\C=C\CC(C)C)C(O)N1CCC(O)CC1)C=NC)C(C)(C)C. The predicted octanol–water partition coefficient (Wildman–Crippen LogP) is 6.99. The van der Waals surface area contributed by atoms with Gasteiger partial charge in [-0.3, -0.25) is 9.89 Å². The minimum Gasteiger partial charge on any atom is -0.393 e. The van der Waals surface area contributed by atoms with Gasteiger partial charge in [-0.1, -0.05) is 88.6 Å². The van der Waals surface area contributed by atoms with Crippen LogP contribution >= 0.6 is 0 Å². The Bertz CT molecular complexity index is 956. The van der Waals surface area contributed by atoms with Crippen molar-refractivity contribution in [2.75, 3.05) is 26.7 Å². The van der Waals surface area contributed by atoms with Gasteiger partial charge in [-0.25, -0.2) is 0 Å². The Morgan fingerprint density at radius 2 is 1.87 bits per heavy atom. The molecule has 2 atom stereocenters. The van der Waals surface area contributed by atoms with Gasteiger partial charge in [0.05, 0.1) is 6.10 Å². The van der Waals surface area contributed by atoms with Crippen LogP contribution in [0.2, 0.25) is 0 Å². The van der Waals surface area contributed by atoms with Gasteiger partial charge in [0.1, 0.15) is 12.1 Å². The van der Waals surface area contributed by atoms with E-state index < -0.39 is 6.23 Å². The van der Waals surface area contributed by atoms with E-state index in [0.29, 0.717) is 44.8 Å². The van der Waals surface area contributed by atoms with Crippen molar-refractivity contribution < 1.29 is 10.2 Å². The molecule has 5 heteroatoms. The van der Waals surface area contributed by atoms with E-state index in [1.807, 2.05) is 36.3 Å². The van der Waals surface area contributed by atoms with Crippen LogP contribution in [0.25, 0.3) is 4.85 Å². The summed E-state index contributed by atoms with van der Waals surface area (Å²) in [5.41, 5.74) is 3.07. The van der Waals surface area contributed by atoms with Gasteiger partial charge in [0.15, 0.2) is 0 Å². The van der Waals surface area contributed by atoms with E-state index in [1.165, 1.54) is 0 Å². The molecule has 0 aromatic carbocycles. The Labute approximate surface area is 232 Å². The number of piperidine rings is 1. The molecule has 38 heavy (non-hydrogen) atoms. The largest absolute Gasteiger partial charge is 0.393 e. The second-order valence-corrected chi connectivity index (χ2v) is 11.4. The lowest BCUT2D eigenvalue weighted by Gasteiger charge is -2.33. The quantitative estimate of drug-likeness (QED) is 0.165. The number of nitrogens with zero attached hydrogens (tertiary/aromatic N) is 3. The normalized spacial score (nSPS) is 18.7. The lowest BCUT2D eigenvalue weighted by molar-refractivity contribution is -0.00979. The average Bonchev–Trinajstić information content (AvgIpc) is 2.84. The molecule has 0 spiro atoms. The molecule has 1 aliphatic rings. The fraction of sp³-hybridized carbons (Fsp3) is 0.576.